The van der Waals surface area contributed by atoms with Gasteiger partial charge in [-0.2, -0.15) is 0 Å². The number of fused-ring (bicyclic) bond motifs is 7. The molecule has 6 heteroatoms. The lowest BCUT2D eigenvalue weighted by Crippen LogP contribution is -2.64. The molecule has 0 spiro atoms. The van der Waals surface area contributed by atoms with E-state index in [1.807, 2.05) is 18.2 Å². The zero-order valence-electron chi connectivity index (χ0n) is 35.3. The standard InChI is InChI=1S/C50H45N3OSi2/c1-34-30-31-38(33-40(34)39-22-17-29-47-48(39)54-46-28-15-10-23-41(46)50(2,3)55(47,4)5)56(6,36-19-8-7-9-20-36)37-21-16-18-35(32-37)52-44-26-13-14-27-45(44)53-43-25-12-11-24-42(43)51-49(52)53/h7-33H,1-6H3/i1D3. The lowest BCUT2D eigenvalue weighted by atomic mass is 9.99. The summed E-state index contributed by atoms with van der Waals surface area (Å²) in [5.74, 6) is 2.46. The van der Waals surface area contributed by atoms with Crippen LogP contribution in [0.25, 0.3) is 44.7 Å². The van der Waals surface area contributed by atoms with E-state index in [-0.39, 0.29) is 5.04 Å². The smallest absolute Gasteiger partial charge is 0.220 e. The fourth-order valence-electron chi connectivity index (χ4n) is 9.12. The van der Waals surface area contributed by atoms with Gasteiger partial charge in [0, 0.05) is 15.4 Å². The average molecular weight is 763 g/mol. The topological polar surface area (TPSA) is 31.5 Å². The average Bonchev–Trinajstić information content (AvgIpc) is 3.76. The molecule has 56 heavy (non-hydrogen) atoms. The molecule has 0 bridgehead atoms. The van der Waals surface area contributed by atoms with E-state index in [1.165, 1.54) is 21.1 Å². The Kier molecular flexibility index (Phi) is 7.00. The van der Waals surface area contributed by atoms with E-state index >= 15 is 0 Å². The second-order valence-electron chi connectivity index (χ2n) is 16.4. The SMILES string of the molecule is [2H]C([2H])([2H])c1ccc([Si](C)(c2ccccc2)c2cccc(-n3c4ccccc4n4c5ccccc5nc34)c2)cc1-c1cccc2c1Oc1ccccc1C(C)(C)[Si]2(C)C. The van der Waals surface area contributed by atoms with Crippen molar-refractivity contribution in [1.29, 1.82) is 0 Å². The molecule has 0 N–H and O–H groups in total. The predicted molar refractivity (Wildman–Crippen MR) is 240 cm³/mol. The van der Waals surface area contributed by atoms with Gasteiger partial charge in [0.15, 0.2) is 0 Å². The molecule has 4 nitrogen and oxygen atoms in total. The number of hydrogen-bond acceptors (Lipinski definition) is 2. The maximum atomic E-state index is 8.84. The quantitative estimate of drug-likeness (QED) is 0.129. The summed E-state index contributed by atoms with van der Waals surface area (Å²) < 4.78 is 38.1. The van der Waals surface area contributed by atoms with Gasteiger partial charge < -0.3 is 4.74 Å². The Morgan fingerprint density at radius 1 is 0.643 bits per heavy atom. The lowest BCUT2D eigenvalue weighted by Gasteiger charge is -2.39. The summed E-state index contributed by atoms with van der Waals surface area (Å²) >= 11 is 0. The van der Waals surface area contributed by atoms with Gasteiger partial charge in [0.1, 0.15) is 19.6 Å². The summed E-state index contributed by atoms with van der Waals surface area (Å²) in [6.07, 6.45) is 0. The normalized spacial score (nSPS) is 16.6. The molecule has 0 amide bonds. The third-order valence-electron chi connectivity index (χ3n) is 13.0. The van der Waals surface area contributed by atoms with Gasteiger partial charge in [-0.25, -0.2) is 4.98 Å². The highest BCUT2D eigenvalue weighted by Crippen LogP contribution is 2.47. The van der Waals surface area contributed by atoms with Crippen LogP contribution in [0.4, 0.5) is 0 Å². The van der Waals surface area contributed by atoms with Gasteiger partial charge in [-0.05, 0) is 91.8 Å². The molecule has 0 saturated heterocycles. The van der Waals surface area contributed by atoms with Crippen LogP contribution < -0.4 is 25.5 Å². The van der Waals surface area contributed by atoms with Gasteiger partial charge >= 0.3 is 0 Å². The molecule has 1 unspecified atom stereocenters. The third kappa shape index (κ3) is 4.92. The van der Waals surface area contributed by atoms with E-state index in [0.29, 0.717) is 11.1 Å². The number of ether oxygens (including phenoxy) is 1. The van der Waals surface area contributed by atoms with Crippen LogP contribution >= 0.6 is 0 Å². The van der Waals surface area contributed by atoms with Crippen molar-refractivity contribution in [2.45, 2.75) is 45.4 Å². The van der Waals surface area contributed by atoms with Crippen LogP contribution in [0.2, 0.25) is 19.6 Å². The van der Waals surface area contributed by atoms with E-state index in [0.717, 1.165) is 55.8 Å². The molecular formula is C50H45N3OSi2. The van der Waals surface area contributed by atoms with Gasteiger partial charge in [-0.3, -0.25) is 8.97 Å². The summed E-state index contributed by atoms with van der Waals surface area (Å²) in [5, 5.41) is 4.58. The number of para-hydroxylation sites is 6. The van der Waals surface area contributed by atoms with Crippen LogP contribution in [0, 0.1) is 6.85 Å². The van der Waals surface area contributed by atoms with Crippen molar-refractivity contribution in [2.24, 2.45) is 0 Å². The number of imidazole rings is 2. The Labute approximate surface area is 334 Å². The molecule has 0 saturated carbocycles. The molecule has 1 aliphatic heterocycles. The van der Waals surface area contributed by atoms with Crippen molar-refractivity contribution in [3.63, 3.8) is 0 Å². The third-order valence-corrected chi connectivity index (χ3v) is 22.6. The van der Waals surface area contributed by atoms with Crippen molar-refractivity contribution in [1.82, 2.24) is 14.0 Å². The van der Waals surface area contributed by atoms with Gasteiger partial charge in [-0.15, -0.1) is 0 Å². The Hall–Kier alpha value is -5.96. The zero-order valence-corrected chi connectivity index (χ0v) is 34.3. The second kappa shape index (κ2) is 12.5. The van der Waals surface area contributed by atoms with Crippen LogP contribution in [0.3, 0.4) is 0 Å². The van der Waals surface area contributed by atoms with Crippen LogP contribution in [0.1, 0.15) is 29.1 Å². The van der Waals surface area contributed by atoms with Crippen LogP contribution in [0.5, 0.6) is 11.5 Å². The number of rotatable bonds is 5. The van der Waals surface area contributed by atoms with E-state index in [9.17, 15) is 0 Å². The first-order valence-corrected chi connectivity index (χ1v) is 24.9. The highest BCUT2D eigenvalue weighted by Gasteiger charge is 2.47. The first-order chi connectivity index (χ1) is 28.3. The number of aryl methyl sites for hydroxylation is 1. The molecule has 0 aliphatic carbocycles. The number of nitrogens with zero attached hydrogens (tertiary/aromatic N) is 3. The number of aromatic nitrogens is 3. The van der Waals surface area contributed by atoms with Gasteiger partial charge in [0.2, 0.25) is 5.78 Å². The predicted octanol–water partition coefficient (Wildman–Crippen LogP) is 10.0. The fourth-order valence-corrected chi connectivity index (χ4v) is 15.5. The highest BCUT2D eigenvalue weighted by atomic mass is 28.3. The molecule has 0 fully saturated rings. The van der Waals surface area contributed by atoms with Gasteiger partial charge in [0.25, 0.3) is 0 Å². The van der Waals surface area contributed by atoms with Crippen LogP contribution in [-0.2, 0) is 5.04 Å². The maximum Gasteiger partial charge on any atom is 0.220 e. The molecule has 9 aromatic rings. The number of benzene rings is 7. The zero-order chi connectivity index (χ0) is 40.9. The number of hydrogen-bond donors (Lipinski definition) is 0. The van der Waals surface area contributed by atoms with Crippen LogP contribution in [0.15, 0.2) is 164 Å². The maximum absolute atomic E-state index is 8.84. The minimum absolute atomic E-state index is 0.147. The summed E-state index contributed by atoms with van der Waals surface area (Å²) in [6.45, 7) is 9.51. The van der Waals surface area contributed by atoms with E-state index < -0.39 is 23.0 Å². The fraction of sp³-hybridized carbons (Fsp3) is 0.140. The first kappa shape index (κ1) is 31.3. The van der Waals surface area contributed by atoms with Crippen molar-refractivity contribution in [2.75, 3.05) is 0 Å². The van der Waals surface area contributed by atoms with Crippen LogP contribution in [-0.4, -0.2) is 30.1 Å². The minimum Gasteiger partial charge on any atom is -0.457 e. The molecule has 1 aliphatic rings. The summed E-state index contributed by atoms with van der Waals surface area (Å²) in [7, 11) is -5.12. The second-order valence-corrected chi connectivity index (χ2v) is 25.4. The Bertz CT molecular complexity index is 3110. The molecule has 7 aromatic carbocycles. The minimum atomic E-state index is -2.85. The van der Waals surface area contributed by atoms with Crippen molar-refractivity contribution < 1.29 is 8.85 Å². The Morgan fingerprint density at radius 3 is 2.14 bits per heavy atom. The molecule has 3 heterocycles. The van der Waals surface area contributed by atoms with Crippen molar-refractivity contribution >= 4 is 64.7 Å². The molecule has 2 aromatic heterocycles. The summed E-state index contributed by atoms with van der Waals surface area (Å²) in [4.78, 5) is 5.16. The largest absolute Gasteiger partial charge is 0.457 e. The molecule has 10 rings (SSSR count). The van der Waals surface area contributed by atoms with E-state index in [1.54, 1.807) is 0 Å². The van der Waals surface area contributed by atoms with E-state index in [2.05, 4.69) is 188 Å². The summed E-state index contributed by atoms with van der Waals surface area (Å²) in [6, 6.07) is 57.2. The summed E-state index contributed by atoms with van der Waals surface area (Å²) in [5.41, 5.74) is 8.22. The van der Waals surface area contributed by atoms with Crippen molar-refractivity contribution in [3.05, 3.63) is 175 Å². The van der Waals surface area contributed by atoms with Crippen molar-refractivity contribution in [3.8, 4) is 28.3 Å². The van der Waals surface area contributed by atoms with E-state index in [4.69, 9.17) is 13.8 Å². The Balaban J connectivity index is 1.21. The monoisotopic (exact) mass is 762 g/mol. The van der Waals surface area contributed by atoms with Gasteiger partial charge in [0.05, 0.1) is 30.1 Å². The molecule has 274 valence electrons. The van der Waals surface area contributed by atoms with Gasteiger partial charge in [-0.1, -0.05) is 155 Å². The Morgan fingerprint density at radius 2 is 1.32 bits per heavy atom. The molecule has 1 atom stereocenters. The molecular weight excluding hydrogens is 715 g/mol. The first-order valence-electron chi connectivity index (χ1n) is 20.9. The molecule has 0 radical (unpaired) electrons. The highest BCUT2D eigenvalue weighted by molar-refractivity contribution is 7.10. The lowest BCUT2D eigenvalue weighted by molar-refractivity contribution is 0.478.